The monoisotopic (exact) mass is 341 g/mol. The van der Waals surface area contributed by atoms with E-state index in [-0.39, 0.29) is 17.7 Å². The number of anilines is 1. The van der Waals surface area contributed by atoms with E-state index in [9.17, 15) is 4.39 Å². The predicted molar refractivity (Wildman–Crippen MR) is 95.1 cm³/mol. The Hall–Kier alpha value is -2.90. The number of guanidine groups is 2. The minimum absolute atomic E-state index is 0.177. The van der Waals surface area contributed by atoms with Crippen molar-refractivity contribution in [3.8, 4) is 5.69 Å². The smallest absolute Gasteiger partial charge is 0.220 e. The third-order valence-electron chi connectivity index (χ3n) is 4.81. The lowest BCUT2D eigenvalue weighted by Gasteiger charge is -2.46. The van der Waals surface area contributed by atoms with Gasteiger partial charge in [-0.15, -0.1) is 0 Å². The van der Waals surface area contributed by atoms with Crippen molar-refractivity contribution < 1.29 is 4.39 Å². The van der Waals surface area contributed by atoms with E-state index >= 15 is 0 Å². The van der Waals surface area contributed by atoms with E-state index in [1.54, 1.807) is 24.8 Å². The number of hydrogen-bond acceptors (Lipinski definition) is 6. The highest BCUT2D eigenvalue weighted by atomic mass is 19.1. The summed E-state index contributed by atoms with van der Waals surface area (Å²) in [4.78, 5) is 14.7. The average Bonchev–Trinajstić information content (AvgIpc) is 3.09. The van der Waals surface area contributed by atoms with Crippen molar-refractivity contribution in [2.75, 3.05) is 4.90 Å². The lowest BCUT2D eigenvalue weighted by atomic mass is 9.87. The highest BCUT2D eigenvalue weighted by Crippen LogP contribution is 2.41. The molecule has 0 amide bonds. The zero-order valence-electron chi connectivity index (χ0n) is 13.8. The largest absolute Gasteiger partial charge is 0.369 e. The zero-order valence-corrected chi connectivity index (χ0v) is 13.8. The molecule has 0 unspecified atom stereocenters. The van der Waals surface area contributed by atoms with Crippen LogP contribution in [0, 0.1) is 5.82 Å². The Labute approximate surface area is 144 Å². The Morgan fingerprint density at radius 1 is 1.08 bits per heavy atom. The van der Waals surface area contributed by atoms with Gasteiger partial charge in [0.05, 0.1) is 17.7 Å². The SMILES string of the molecule is NC1=NC2(CCCCC2)N(c2cc(F)ccc2-n2ccnc2)C(N)=N1. The molecule has 1 aromatic heterocycles. The maximum atomic E-state index is 14.1. The van der Waals surface area contributed by atoms with Gasteiger partial charge in [0.15, 0.2) is 0 Å². The van der Waals surface area contributed by atoms with Crippen LogP contribution in [0.25, 0.3) is 5.69 Å². The Kier molecular flexibility index (Phi) is 3.67. The van der Waals surface area contributed by atoms with Crippen LogP contribution in [0.3, 0.4) is 0 Å². The van der Waals surface area contributed by atoms with Crippen LogP contribution in [0.2, 0.25) is 0 Å². The lowest BCUT2D eigenvalue weighted by Crippen LogP contribution is -2.58. The van der Waals surface area contributed by atoms with Gasteiger partial charge in [0.25, 0.3) is 0 Å². The highest BCUT2D eigenvalue weighted by molar-refractivity contribution is 6.06. The van der Waals surface area contributed by atoms with Crippen molar-refractivity contribution in [1.29, 1.82) is 0 Å². The summed E-state index contributed by atoms with van der Waals surface area (Å²) in [6, 6.07) is 4.59. The Bertz CT molecular complexity index is 835. The first-order chi connectivity index (χ1) is 12.1. The number of benzene rings is 1. The van der Waals surface area contributed by atoms with E-state index in [4.69, 9.17) is 11.5 Å². The first-order valence-corrected chi connectivity index (χ1v) is 8.37. The van der Waals surface area contributed by atoms with Crippen molar-refractivity contribution in [2.24, 2.45) is 21.5 Å². The van der Waals surface area contributed by atoms with Crippen LogP contribution in [0.5, 0.6) is 0 Å². The second-order valence-electron chi connectivity index (χ2n) is 6.42. The molecule has 1 spiro atoms. The summed E-state index contributed by atoms with van der Waals surface area (Å²) in [7, 11) is 0. The third-order valence-corrected chi connectivity index (χ3v) is 4.81. The fourth-order valence-corrected chi connectivity index (χ4v) is 3.77. The standard InChI is InChI=1S/C17H20FN7/c18-12-4-5-13(24-9-8-21-11-24)14(10-12)25-16(20)22-15(19)23-17(25)6-2-1-3-7-17/h4-5,8-11H,1-3,6-7H2,(H4,19,20,22,23). The van der Waals surface area contributed by atoms with E-state index in [1.807, 2.05) is 9.47 Å². The van der Waals surface area contributed by atoms with E-state index in [0.717, 1.165) is 37.8 Å². The maximum absolute atomic E-state index is 14.1. The fraction of sp³-hybridized carbons (Fsp3) is 0.353. The first-order valence-electron chi connectivity index (χ1n) is 8.37. The van der Waals surface area contributed by atoms with Crippen molar-refractivity contribution in [3.63, 3.8) is 0 Å². The summed E-state index contributed by atoms with van der Waals surface area (Å²) < 4.78 is 15.9. The molecule has 1 saturated carbocycles. The molecule has 25 heavy (non-hydrogen) atoms. The zero-order chi connectivity index (χ0) is 17.4. The van der Waals surface area contributed by atoms with Crippen LogP contribution in [-0.4, -0.2) is 27.1 Å². The van der Waals surface area contributed by atoms with E-state index in [1.165, 1.54) is 12.1 Å². The number of nitrogens with zero attached hydrogens (tertiary/aromatic N) is 5. The number of hydrogen-bond donors (Lipinski definition) is 2. The van der Waals surface area contributed by atoms with Crippen LogP contribution in [0.15, 0.2) is 46.9 Å². The molecular weight excluding hydrogens is 321 g/mol. The molecule has 1 aliphatic heterocycles. The van der Waals surface area contributed by atoms with Gasteiger partial charge in [-0.3, -0.25) is 4.90 Å². The molecule has 0 saturated heterocycles. The minimum atomic E-state index is -0.614. The van der Waals surface area contributed by atoms with Gasteiger partial charge in [0, 0.05) is 12.4 Å². The van der Waals surface area contributed by atoms with E-state index in [2.05, 4.69) is 15.0 Å². The Morgan fingerprint density at radius 3 is 2.60 bits per heavy atom. The molecule has 0 atom stereocenters. The van der Waals surface area contributed by atoms with Crippen LogP contribution in [-0.2, 0) is 0 Å². The van der Waals surface area contributed by atoms with Gasteiger partial charge in [-0.2, -0.15) is 4.99 Å². The number of rotatable bonds is 2. The number of imidazole rings is 1. The molecule has 8 heteroatoms. The summed E-state index contributed by atoms with van der Waals surface area (Å²) in [6.45, 7) is 0. The molecule has 0 bridgehead atoms. The third kappa shape index (κ3) is 2.63. The van der Waals surface area contributed by atoms with Crippen molar-refractivity contribution in [2.45, 2.75) is 37.8 Å². The summed E-state index contributed by atoms with van der Waals surface area (Å²) in [6.07, 6.45) is 9.89. The second kappa shape index (κ2) is 5.87. The van der Waals surface area contributed by atoms with Gasteiger partial charge in [-0.05, 0) is 43.9 Å². The highest BCUT2D eigenvalue weighted by Gasteiger charge is 2.43. The summed E-state index contributed by atoms with van der Waals surface area (Å²) in [5, 5.41) is 0. The summed E-state index contributed by atoms with van der Waals surface area (Å²) >= 11 is 0. The van der Waals surface area contributed by atoms with E-state index < -0.39 is 5.66 Å². The molecule has 7 nitrogen and oxygen atoms in total. The fourth-order valence-electron chi connectivity index (χ4n) is 3.77. The topological polar surface area (TPSA) is 97.8 Å². The van der Waals surface area contributed by atoms with Crippen molar-refractivity contribution in [1.82, 2.24) is 9.55 Å². The van der Waals surface area contributed by atoms with Crippen LogP contribution < -0.4 is 16.4 Å². The number of nitrogens with two attached hydrogens (primary N) is 2. The van der Waals surface area contributed by atoms with Crippen LogP contribution in [0.1, 0.15) is 32.1 Å². The van der Waals surface area contributed by atoms with Crippen LogP contribution >= 0.6 is 0 Å². The van der Waals surface area contributed by atoms with Gasteiger partial charge >= 0.3 is 0 Å². The molecule has 4 N–H and O–H groups in total. The number of halogens is 1. The quantitative estimate of drug-likeness (QED) is 0.874. The molecule has 0 radical (unpaired) electrons. The normalized spacial score (nSPS) is 19.6. The molecule has 130 valence electrons. The van der Waals surface area contributed by atoms with Gasteiger partial charge in [-0.1, -0.05) is 6.42 Å². The van der Waals surface area contributed by atoms with Crippen LogP contribution in [0.4, 0.5) is 10.1 Å². The second-order valence-corrected chi connectivity index (χ2v) is 6.42. The first kappa shape index (κ1) is 15.6. The molecule has 2 aromatic rings. The minimum Gasteiger partial charge on any atom is -0.369 e. The van der Waals surface area contributed by atoms with Gasteiger partial charge in [0.2, 0.25) is 11.9 Å². The van der Waals surface area contributed by atoms with Crippen molar-refractivity contribution >= 4 is 17.6 Å². The van der Waals surface area contributed by atoms with Gasteiger partial charge in [-0.25, -0.2) is 14.4 Å². The predicted octanol–water partition coefficient (Wildman–Crippen LogP) is 2.12. The van der Waals surface area contributed by atoms with Crippen molar-refractivity contribution in [3.05, 3.63) is 42.7 Å². The Balaban J connectivity index is 1.90. The molecule has 1 fully saturated rings. The maximum Gasteiger partial charge on any atom is 0.220 e. The number of aliphatic imine (C=N–C) groups is 2. The molecule has 1 aromatic carbocycles. The molecule has 2 aliphatic rings. The van der Waals surface area contributed by atoms with Gasteiger partial charge < -0.3 is 16.0 Å². The lowest BCUT2D eigenvalue weighted by molar-refractivity contribution is 0.305. The summed E-state index contributed by atoms with van der Waals surface area (Å²) in [5.74, 6) is 0.0674. The number of aromatic nitrogens is 2. The average molecular weight is 341 g/mol. The van der Waals surface area contributed by atoms with Gasteiger partial charge in [0.1, 0.15) is 11.5 Å². The van der Waals surface area contributed by atoms with E-state index in [0.29, 0.717) is 5.69 Å². The summed E-state index contributed by atoms with van der Waals surface area (Å²) in [5.41, 5.74) is 12.9. The molecule has 1 aliphatic carbocycles. The molecule has 2 heterocycles. The Morgan fingerprint density at radius 2 is 1.88 bits per heavy atom. The molecular formula is C17H20FN7. The molecule has 4 rings (SSSR count).